The van der Waals surface area contributed by atoms with Crippen LogP contribution in [0.3, 0.4) is 0 Å². The fourth-order valence-electron chi connectivity index (χ4n) is 1.97. The van der Waals surface area contributed by atoms with Gasteiger partial charge in [-0.25, -0.2) is 4.79 Å². The van der Waals surface area contributed by atoms with E-state index in [9.17, 15) is 9.59 Å². The highest BCUT2D eigenvalue weighted by Gasteiger charge is 2.11. The molecule has 0 aliphatic carbocycles. The minimum Gasteiger partial charge on any atom is -0.465 e. The summed E-state index contributed by atoms with van der Waals surface area (Å²) in [5.41, 5.74) is 1.06. The maximum absolute atomic E-state index is 12.0. The number of rotatable bonds is 6. The summed E-state index contributed by atoms with van der Waals surface area (Å²) in [7, 11) is 1.33. The molecule has 0 spiro atoms. The van der Waals surface area contributed by atoms with E-state index in [-0.39, 0.29) is 11.7 Å². The SMILES string of the molecule is CCn1c(C)nnc1SCC(=O)Nc1ccc(C(=O)OC)cc1. The maximum Gasteiger partial charge on any atom is 0.337 e. The Balaban J connectivity index is 1.90. The number of esters is 1. The van der Waals surface area contributed by atoms with Gasteiger partial charge < -0.3 is 14.6 Å². The van der Waals surface area contributed by atoms with E-state index < -0.39 is 5.97 Å². The number of anilines is 1. The molecule has 1 N–H and O–H groups in total. The van der Waals surface area contributed by atoms with Crippen LogP contribution in [0.5, 0.6) is 0 Å². The molecule has 0 unspecified atom stereocenters. The van der Waals surface area contributed by atoms with Crippen LogP contribution in [0.25, 0.3) is 0 Å². The number of nitrogens with zero attached hydrogens (tertiary/aromatic N) is 3. The molecule has 2 rings (SSSR count). The zero-order chi connectivity index (χ0) is 16.8. The van der Waals surface area contributed by atoms with Gasteiger partial charge in [-0.05, 0) is 38.1 Å². The summed E-state index contributed by atoms with van der Waals surface area (Å²) in [4.78, 5) is 23.3. The van der Waals surface area contributed by atoms with Crippen molar-refractivity contribution >= 4 is 29.3 Å². The van der Waals surface area contributed by atoms with Gasteiger partial charge in [0.05, 0.1) is 18.4 Å². The Hall–Kier alpha value is -2.35. The van der Waals surface area contributed by atoms with Gasteiger partial charge in [0.2, 0.25) is 5.91 Å². The number of hydrogen-bond acceptors (Lipinski definition) is 6. The molecule has 0 atom stereocenters. The first-order valence-electron chi connectivity index (χ1n) is 7.06. The van der Waals surface area contributed by atoms with Crippen LogP contribution in [0.4, 0.5) is 5.69 Å². The van der Waals surface area contributed by atoms with Crippen LogP contribution in [0.1, 0.15) is 23.1 Å². The molecule has 0 fully saturated rings. The minimum absolute atomic E-state index is 0.149. The number of carbonyl (C=O) groups excluding carboxylic acids is 2. The number of aromatic nitrogens is 3. The molecule has 7 nitrogen and oxygen atoms in total. The summed E-state index contributed by atoms with van der Waals surface area (Å²) in [6, 6.07) is 6.53. The summed E-state index contributed by atoms with van der Waals surface area (Å²) in [5, 5.41) is 11.5. The zero-order valence-corrected chi connectivity index (χ0v) is 14.0. The molecule has 0 saturated heterocycles. The van der Waals surface area contributed by atoms with Crippen LogP contribution in [-0.2, 0) is 16.1 Å². The molecule has 1 heterocycles. The zero-order valence-electron chi connectivity index (χ0n) is 13.2. The van der Waals surface area contributed by atoms with Crippen molar-refractivity contribution < 1.29 is 14.3 Å². The molecule has 1 amide bonds. The van der Waals surface area contributed by atoms with Crippen LogP contribution in [-0.4, -0.2) is 39.5 Å². The average Bonchev–Trinajstić information content (AvgIpc) is 2.92. The Bertz CT molecular complexity index is 697. The van der Waals surface area contributed by atoms with Crippen molar-refractivity contribution in [1.29, 1.82) is 0 Å². The van der Waals surface area contributed by atoms with Gasteiger partial charge in [0.1, 0.15) is 5.82 Å². The Morgan fingerprint density at radius 2 is 1.96 bits per heavy atom. The van der Waals surface area contributed by atoms with E-state index in [0.29, 0.717) is 11.3 Å². The van der Waals surface area contributed by atoms with Crippen LogP contribution < -0.4 is 5.32 Å². The average molecular weight is 334 g/mol. The lowest BCUT2D eigenvalue weighted by atomic mass is 10.2. The Kier molecular flexibility index (Phi) is 5.75. The normalized spacial score (nSPS) is 10.4. The number of methoxy groups -OCH3 is 1. The summed E-state index contributed by atoms with van der Waals surface area (Å²) in [5.74, 6) is 0.502. The molecular formula is C15H18N4O3S. The first-order chi connectivity index (χ1) is 11.0. The van der Waals surface area contributed by atoms with Gasteiger partial charge in [-0.2, -0.15) is 0 Å². The predicted octanol–water partition coefficient (Wildman–Crippen LogP) is 2.12. The second-order valence-electron chi connectivity index (χ2n) is 4.68. The van der Waals surface area contributed by atoms with E-state index in [1.807, 2.05) is 18.4 Å². The van der Waals surface area contributed by atoms with Crippen molar-refractivity contribution in [2.45, 2.75) is 25.5 Å². The molecule has 122 valence electrons. The lowest BCUT2D eigenvalue weighted by molar-refractivity contribution is -0.113. The second kappa shape index (κ2) is 7.77. The van der Waals surface area contributed by atoms with Crippen LogP contribution in [0.2, 0.25) is 0 Å². The fourth-order valence-corrected chi connectivity index (χ4v) is 2.82. The van der Waals surface area contributed by atoms with E-state index in [4.69, 9.17) is 0 Å². The third-order valence-electron chi connectivity index (χ3n) is 3.14. The van der Waals surface area contributed by atoms with E-state index in [2.05, 4.69) is 20.3 Å². The quantitative estimate of drug-likeness (QED) is 0.643. The third-order valence-corrected chi connectivity index (χ3v) is 4.11. The van der Waals surface area contributed by atoms with E-state index in [0.717, 1.165) is 17.5 Å². The summed E-state index contributed by atoms with van der Waals surface area (Å²) >= 11 is 1.33. The van der Waals surface area contributed by atoms with Crippen molar-refractivity contribution in [3.05, 3.63) is 35.7 Å². The molecule has 0 radical (unpaired) electrons. The molecule has 8 heteroatoms. The molecule has 1 aromatic heterocycles. The van der Waals surface area contributed by atoms with Gasteiger partial charge in [0.25, 0.3) is 0 Å². The molecule has 0 aliphatic heterocycles. The second-order valence-corrected chi connectivity index (χ2v) is 5.62. The van der Waals surface area contributed by atoms with Crippen LogP contribution in [0.15, 0.2) is 29.4 Å². The largest absolute Gasteiger partial charge is 0.465 e. The van der Waals surface area contributed by atoms with Crippen molar-refractivity contribution in [3.63, 3.8) is 0 Å². The van der Waals surface area contributed by atoms with Gasteiger partial charge in [0, 0.05) is 12.2 Å². The highest BCUT2D eigenvalue weighted by molar-refractivity contribution is 7.99. The number of benzene rings is 1. The van der Waals surface area contributed by atoms with Gasteiger partial charge >= 0.3 is 5.97 Å². The third kappa shape index (κ3) is 4.32. The molecular weight excluding hydrogens is 316 g/mol. The molecule has 0 aliphatic rings. The summed E-state index contributed by atoms with van der Waals surface area (Å²) in [6.45, 7) is 4.64. The molecule has 1 aromatic carbocycles. The number of carbonyl (C=O) groups is 2. The molecule has 2 aromatic rings. The highest BCUT2D eigenvalue weighted by atomic mass is 32.2. The monoisotopic (exact) mass is 334 g/mol. The first-order valence-corrected chi connectivity index (χ1v) is 8.04. The van der Waals surface area contributed by atoms with Gasteiger partial charge in [-0.1, -0.05) is 11.8 Å². The number of nitrogens with one attached hydrogen (secondary N) is 1. The number of amides is 1. The number of ether oxygens (including phenoxy) is 1. The highest BCUT2D eigenvalue weighted by Crippen LogP contribution is 2.17. The fraction of sp³-hybridized carbons (Fsp3) is 0.333. The summed E-state index contributed by atoms with van der Waals surface area (Å²) < 4.78 is 6.57. The van der Waals surface area contributed by atoms with Gasteiger partial charge in [-0.15, -0.1) is 10.2 Å². The lowest BCUT2D eigenvalue weighted by Crippen LogP contribution is -2.14. The van der Waals surface area contributed by atoms with Crippen molar-refractivity contribution in [1.82, 2.24) is 14.8 Å². The Morgan fingerprint density at radius 1 is 1.26 bits per heavy atom. The number of thioether (sulfide) groups is 1. The van der Waals surface area contributed by atoms with Crippen molar-refractivity contribution in [2.75, 3.05) is 18.2 Å². The molecule has 0 bridgehead atoms. The molecule has 23 heavy (non-hydrogen) atoms. The van der Waals surface area contributed by atoms with E-state index >= 15 is 0 Å². The van der Waals surface area contributed by atoms with Crippen LogP contribution >= 0.6 is 11.8 Å². The lowest BCUT2D eigenvalue weighted by Gasteiger charge is -2.07. The minimum atomic E-state index is -0.410. The topological polar surface area (TPSA) is 86.1 Å². The van der Waals surface area contributed by atoms with Gasteiger partial charge in [-0.3, -0.25) is 4.79 Å². The van der Waals surface area contributed by atoms with Gasteiger partial charge in [0.15, 0.2) is 5.16 Å². The van der Waals surface area contributed by atoms with Crippen molar-refractivity contribution in [2.24, 2.45) is 0 Å². The van der Waals surface area contributed by atoms with Crippen LogP contribution in [0, 0.1) is 6.92 Å². The van der Waals surface area contributed by atoms with E-state index in [1.54, 1.807) is 24.3 Å². The Morgan fingerprint density at radius 3 is 2.57 bits per heavy atom. The summed E-state index contributed by atoms with van der Waals surface area (Å²) in [6.07, 6.45) is 0. The van der Waals surface area contributed by atoms with E-state index in [1.165, 1.54) is 18.9 Å². The standard InChI is InChI=1S/C15H18N4O3S/c1-4-19-10(2)17-18-15(19)23-9-13(20)16-12-7-5-11(6-8-12)14(21)22-3/h5-8H,4,9H2,1-3H3,(H,16,20). The Labute approximate surface area is 138 Å². The smallest absolute Gasteiger partial charge is 0.337 e. The number of hydrogen-bond donors (Lipinski definition) is 1. The predicted molar refractivity (Wildman–Crippen MR) is 87.6 cm³/mol. The molecule has 0 saturated carbocycles. The number of aryl methyl sites for hydroxylation is 1. The van der Waals surface area contributed by atoms with Crippen molar-refractivity contribution in [3.8, 4) is 0 Å². The first kappa shape index (κ1) is 17.0. The maximum atomic E-state index is 12.0.